The van der Waals surface area contributed by atoms with Gasteiger partial charge in [0.05, 0.1) is 11.7 Å². The number of aliphatic hydroxyl groups is 1. The number of halogens is 2. The maximum absolute atomic E-state index is 10.9. The number of carboxylic acid groups (broad SMARTS) is 1. The van der Waals surface area contributed by atoms with Crippen molar-refractivity contribution in [3.63, 3.8) is 0 Å². The molecule has 0 amide bonds. The molecule has 0 aromatic heterocycles. The van der Waals surface area contributed by atoms with Crippen molar-refractivity contribution >= 4 is 30.0 Å². The van der Waals surface area contributed by atoms with E-state index >= 15 is 0 Å². The van der Waals surface area contributed by atoms with Crippen LogP contribution < -0.4 is 5.32 Å². The van der Waals surface area contributed by atoms with Gasteiger partial charge < -0.3 is 15.5 Å². The first-order chi connectivity index (χ1) is 14.0. The normalized spacial score (nSPS) is 11.5. The SMILES string of the molecule is Cl.O=C(O)c1ccc(-c2ccc(CCCNC[C@H](O)c3cccc(Cl)c3)cc2)cc1. The van der Waals surface area contributed by atoms with E-state index in [1.807, 2.05) is 24.3 Å². The van der Waals surface area contributed by atoms with Crippen LogP contribution in [0.15, 0.2) is 72.8 Å². The van der Waals surface area contributed by atoms with E-state index in [4.69, 9.17) is 16.7 Å². The Bertz CT molecular complexity index is 943. The second-order valence-corrected chi connectivity index (χ2v) is 7.39. The van der Waals surface area contributed by atoms with Gasteiger partial charge in [0.15, 0.2) is 0 Å². The van der Waals surface area contributed by atoms with E-state index < -0.39 is 12.1 Å². The van der Waals surface area contributed by atoms with Gasteiger partial charge in [0.2, 0.25) is 0 Å². The van der Waals surface area contributed by atoms with Crippen molar-refractivity contribution in [3.05, 3.63) is 94.5 Å². The Hall–Kier alpha value is -2.37. The first-order valence-electron chi connectivity index (χ1n) is 9.60. The minimum absolute atomic E-state index is 0. The number of benzene rings is 3. The smallest absolute Gasteiger partial charge is 0.335 e. The lowest BCUT2D eigenvalue weighted by molar-refractivity contribution is 0.0697. The first-order valence-corrected chi connectivity index (χ1v) is 9.97. The number of rotatable bonds is 9. The second-order valence-electron chi connectivity index (χ2n) is 6.96. The predicted molar refractivity (Wildman–Crippen MR) is 124 cm³/mol. The molecule has 0 heterocycles. The number of aryl methyl sites for hydroxylation is 1. The largest absolute Gasteiger partial charge is 0.478 e. The molecule has 30 heavy (non-hydrogen) atoms. The lowest BCUT2D eigenvalue weighted by atomic mass is 10.0. The van der Waals surface area contributed by atoms with E-state index in [0.29, 0.717) is 17.1 Å². The van der Waals surface area contributed by atoms with Crippen molar-refractivity contribution in [2.75, 3.05) is 13.1 Å². The highest BCUT2D eigenvalue weighted by atomic mass is 35.5. The van der Waals surface area contributed by atoms with Crippen LogP contribution >= 0.6 is 24.0 Å². The summed E-state index contributed by atoms with van der Waals surface area (Å²) in [4.78, 5) is 10.9. The number of hydrogen-bond acceptors (Lipinski definition) is 3. The summed E-state index contributed by atoms with van der Waals surface area (Å²) >= 11 is 5.96. The fraction of sp³-hybridized carbons (Fsp3) is 0.208. The zero-order valence-corrected chi connectivity index (χ0v) is 18.0. The predicted octanol–water partition coefficient (Wildman–Crippen LogP) is 5.38. The van der Waals surface area contributed by atoms with Crippen LogP contribution in [0.3, 0.4) is 0 Å². The van der Waals surface area contributed by atoms with E-state index in [1.165, 1.54) is 5.56 Å². The van der Waals surface area contributed by atoms with Crippen LogP contribution in [0.4, 0.5) is 0 Å². The van der Waals surface area contributed by atoms with E-state index in [1.54, 1.807) is 24.3 Å². The van der Waals surface area contributed by atoms with Crippen molar-refractivity contribution < 1.29 is 15.0 Å². The molecule has 0 spiro atoms. The van der Waals surface area contributed by atoms with Gasteiger partial charge in [-0.05, 0) is 65.9 Å². The molecule has 3 aromatic rings. The van der Waals surface area contributed by atoms with Crippen LogP contribution in [-0.4, -0.2) is 29.3 Å². The standard InChI is InChI=1S/C24H24ClNO3.ClH/c25-22-5-1-4-21(15-22)23(27)16-26-14-2-3-17-6-8-18(9-7-17)19-10-12-20(13-11-19)24(28)29;/h1,4-13,15,23,26-27H,2-3,14,16H2,(H,28,29);1H/t23-;/m0./s1. The molecule has 158 valence electrons. The molecule has 6 heteroatoms. The molecule has 0 radical (unpaired) electrons. The van der Waals surface area contributed by atoms with Gasteiger partial charge in [0, 0.05) is 11.6 Å². The highest BCUT2D eigenvalue weighted by Crippen LogP contribution is 2.21. The van der Waals surface area contributed by atoms with Gasteiger partial charge in [-0.25, -0.2) is 4.79 Å². The molecule has 0 aliphatic rings. The minimum Gasteiger partial charge on any atom is -0.478 e. The monoisotopic (exact) mass is 445 g/mol. The molecule has 0 aliphatic heterocycles. The summed E-state index contributed by atoms with van der Waals surface area (Å²) in [6.07, 6.45) is 1.34. The van der Waals surface area contributed by atoms with Crippen LogP contribution in [0.1, 0.15) is 34.0 Å². The molecular formula is C24H25Cl2NO3. The van der Waals surface area contributed by atoms with Gasteiger partial charge >= 0.3 is 5.97 Å². The molecule has 1 atom stereocenters. The average Bonchev–Trinajstić information content (AvgIpc) is 2.74. The van der Waals surface area contributed by atoms with Gasteiger partial charge in [-0.2, -0.15) is 0 Å². The lowest BCUT2D eigenvalue weighted by Gasteiger charge is -2.12. The molecule has 3 rings (SSSR count). The van der Waals surface area contributed by atoms with Crippen LogP contribution in [-0.2, 0) is 6.42 Å². The van der Waals surface area contributed by atoms with Gasteiger partial charge in [-0.15, -0.1) is 12.4 Å². The number of nitrogens with one attached hydrogen (secondary N) is 1. The number of carboxylic acids is 1. The number of aromatic carboxylic acids is 1. The zero-order chi connectivity index (χ0) is 20.6. The molecule has 0 fully saturated rings. The van der Waals surface area contributed by atoms with Gasteiger partial charge in [0.25, 0.3) is 0 Å². The summed E-state index contributed by atoms with van der Waals surface area (Å²) in [5.41, 5.74) is 4.41. The van der Waals surface area contributed by atoms with Crippen molar-refractivity contribution in [2.45, 2.75) is 18.9 Å². The summed E-state index contributed by atoms with van der Waals surface area (Å²) in [5.74, 6) is -0.916. The molecule has 4 nitrogen and oxygen atoms in total. The van der Waals surface area contributed by atoms with Gasteiger partial charge in [0.1, 0.15) is 0 Å². The third kappa shape index (κ3) is 6.85. The Balaban J connectivity index is 0.00000320. The van der Waals surface area contributed by atoms with Crippen LogP contribution in [0.25, 0.3) is 11.1 Å². The summed E-state index contributed by atoms with van der Waals surface area (Å²) < 4.78 is 0. The Morgan fingerprint density at radius 3 is 2.20 bits per heavy atom. The van der Waals surface area contributed by atoms with Gasteiger partial charge in [-0.1, -0.05) is 60.1 Å². The van der Waals surface area contributed by atoms with Crippen molar-refractivity contribution in [1.29, 1.82) is 0 Å². The summed E-state index contributed by atoms with van der Waals surface area (Å²) in [6, 6.07) is 22.5. The Morgan fingerprint density at radius 1 is 0.967 bits per heavy atom. The van der Waals surface area contributed by atoms with Crippen LogP contribution in [0, 0.1) is 0 Å². The average molecular weight is 446 g/mol. The molecule has 0 saturated heterocycles. The van der Waals surface area contributed by atoms with Crippen molar-refractivity contribution in [3.8, 4) is 11.1 Å². The lowest BCUT2D eigenvalue weighted by Crippen LogP contribution is -2.22. The van der Waals surface area contributed by atoms with Crippen molar-refractivity contribution in [1.82, 2.24) is 5.32 Å². The maximum Gasteiger partial charge on any atom is 0.335 e. The molecule has 0 bridgehead atoms. The van der Waals surface area contributed by atoms with Crippen LogP contribution in [0.5, 0.6) is 0 Å². The molecule has 0 aliphatic carbocycles. The van der Waals surface area contributed by atoms with E-state index in [0.717, 1.165) is 36.1 Å². The van der Waals surface area contributed by atoms with E-state index in [9.17, 15) is 9.90 Å². The minimum atomic E-state index is -0.916. The summed E-state index contributed by atoms with van der Waals surface area (Å²) in [5, 5.41) is 23.1. The maximum atomic E-state index is 10.9. The molecule has 0 unspecified atom stereocenters. The molecular weight excluding hydrogens is 421 g/mol. The molecule has 0 saturated carbocycles. The van der Waals surface area contributed by atoms with Gasteiger partial charge in [-0.3, -0.25) is 0 Å². The number of aliphatic hydroxyl groups excluding tert-OH is 1. The quantitative estimate of drug-likeness (QED) is 0.386. The van der Waals surface area contributed by atoms with Crippen molar-refractivity contribution in [2.24, 2.45) is 0 Å². The number of hydrogen-bond donors (Lipinski definition) is 3. The van der Waals surface area contributed by atoms with E-state index in [-0.39, 0.29) is 12.4 Å². The summed E-state index contributed by atoms with van der Waals surface area (Å²) in [6.45, 7) is 1.31. The second kappa shape index (κ2) is 11.7. The van der Waals surface area contributed by atoms with E-state index in [2.05, 4.69) is 29.6 Å². The molecule has 3 N–H and O–H groups in total. The third-order valence-electron chi connectivity index (χ3n) is 4.81. The number of carbonyl (C=O) groups is 1. The third-order valence-corrected chi connectivity index (χ3v) is 5.04. The Labute approximate surface area is 187 Å². The Morgan fingerprint density at radius 2 is 1.60 bits per heavy atom. The Kier molecular flexibility index (Phi) is 9.34. The summed E-state index contributed by atoms with van der Waals surface area (Å²) in [7, 11) is 0. The zero-order valence-electron chi connectivity index (χ0n) is 16.4. The first kappa shape index (κ1) is 23.9. The molecule has 3 aromatic carbocycles. The highest BCUT2D eigenvalue weighted by Gasteiger charge is 2.07. The topological polar surface area (TPSA) is 69.6 Å². The van der Waals surface area contributed by atoms with Crippen LogP contribution in [0.2, 0.25) is 5.02 Å². The highest BCUT2D eigenvalue weighted by molar-refractivity contribution is 6.30. The fourth-order valence-corrected chi connectivity index (χ4v) is 3.36. The fourth-order valence-electron chi connectivity index (χ4n) is 3.16.